The molecule has 3 rings (SSSR count). The van der Waals surface area contributed by atoms with Gasteiger partial charge in [0.05, 0.1) is 23.8 Å². The minimum absolute atomic E-state index is 0.0530. The van der Waals surface area contributed by atoms with Crippen molar-refractivity contribution < 1.29 is 4.79 Å². The Kier molecular flexibility index (Phi) is 2.56. The molecule has 0 saturated carbocycles. The van der Waals surface area contributed by atoms with Crippen LogP contribution < -0.4 is 0 Å². The molecule has 0 aliphatic carbocycles. The Morgan fingerprint density at radius 1 is 1.50 bits per heavy atom. The highest BCUT2D eigenvalue weighted by molar-refractivity contribution is 5.83. The third kappa shape index (κ3) is 1.68. The fraction of sp³-hybridized carbons (Fsp3) is 0.583. The quantitative estimate of drug-likeness (QED) is 0.726. The number of hydrogen-bond donors (Lipinski definition) is 0. The van der Waals surface area contributed by atoms with Crippen LogP contribution in [0.2, 0.25) is 0 Å². The molecule has 94 valence electrons. The standard InChI is InChI=1S/C12H15N5O/c1-15-3-2-11(12(15)18)16-7-10(8-16)17-6-9(4-13)5-14-17/h5-6,10-11H,2-3,7-8H2,1H3. The van der Waals surface area contributed by atoms with Crippen LogP contribution in [0.15, 0.2) is 12.4 Å². The van der Waals surface area contributed by atoms with E-state index < -0.39 is 0 Å². The van der Waals surface area contributed by atoms with Crippen LogP contribution in [0, 0.1) is 11.3 Å². The van der Waals surface area contributed by atoms with E-state index in [9.17, 15) is 4.79 Å². The maximum Gasteiger partial charge on any atom is 0.239 e. The minimum Gasteiger partial charge on any atom is -0.344 e. The number of aromatic nitrogens is 2. The van der Waals surface area contributed by atoms with Crippen molar-refractivity contribution in [3.8, 4) is 6.07 Å². The van der Waals surface area contributed by atoms with E-state index in [0.29, 0.717) is 11.6 Å². The van der Waals surface area contributed by atoms with Gasteiger partial charge in [-0.15, -0.1) is 0 Å². The van der Waals surface area contributed by atoms with E-state index in [1.807, 2.05) is 11.7 Å². The van der Waals surface area contributed by atoms with Crippen molar-refractivity contribution in [2.45, 2.75) is 18.5 Å². The van der Waals surface area contributed by atoms with Crippen molar-refractivity contribution in [3.05, 3.63) is 18.0 Å². The molecule has 3 heterocycles. The van der Waals surface area contributed by atoms with Crippen molar-refractivity contribution >= 4 is 5.91 Å². The van der Waals surface area contributed by atoms with Gasteiger partial charge < -0.3 is 4.90 Å². The number of likely N-dealkylation sites (tertiary alicyclic amines) is 2. The third-order valence-electron chi connectivity index (χ3n) is 3.84. The lowest BCUT2D eigenvalue weighted by atomic mass is 10.0. The Labute approximate surface area is 105 Å². The first-order valence-electron chi connectivity index (χ1n) is 6.12. The lowest BCUT2D eigenvalue weighted by molar-refractivity contribution is -0.133. The van der Waals surface area contributed by atoms with Crippen LogP contribution in [-0.2, 0) is 4.79 Å². The average Bonchev–Trinajstić information content (AvgIpc) is 2.89. The fourth-order valence-corrected chi connectivity index (χ4v) is 2.65. The summed E-state index contributed by atoms with van der Waals surface area (Å²) in [6.45, 7) is 2.54. The first kappa shape index (κ1) is 11.2. The smallest absolute Gasteiger partial charge is 0.239 e. The fourth-order valence-electron chi connectivity index (χ4n) is 2.65. The van der Waals surface area contributed by atoms with Crippen LogP contribution in [0.1, 0.15) is 18.0 Å². The molecule has 1 aromatic rings. The highest BCUT2D eigenvalue weighted by Crippen LogP contribution is 2.27. The summed E-state index contributed by atoms with van der Waals surface area (Å²) in [6.07, 6.45) is 4.27. The number of likely N-dealkylation sites (N-methyl/N-ethyl adjacent to an activating group) is 1. The van der Waals surface area contributed by atoms with Gasteiger partial charge in [0.1, 0.15) is 6.07 Å². The number of nitriles is 1. The van der Waals surface area contributed by atoms with E-state index in [4.69, 9.17) is 5.26 Å². The van der Waals surface area contributed by atoms with Crippen molar-refractivity contribution in [3.63, 3.8) is 0 Å². The molecule has 6 nitrogen and oxygen atoms in total. The molecular weight excluding hydrogens is 230 g/mol. The van der Waals surface area contributed by atoms with Crippen molar-refractivity contribution in [1.29, 1.82) is 5.26 Å². The van der Waals surface area contributed by atoms with Crippen LogP contribution in [0.3, 0.4) is 0 Å². The predicted octanol–water partition coefficient (Wildman–Crippen LogP) is -0.158. The zero-order valence-electron chi connectivity index (χ0n) is 10.3. The van der Waals surface area contributed by atoms with Gasteiger partial charge in [-0.25, -0.2) is 0 Å². The van der Waals surface area contributed by atoms with Crippen LogP contribution in [-0.4, -0.2) is 58.2 Å². The Morgan fingerprint density at radius 2 is 2.28 bits per heavy atom. The Hall–Kier alpha value is -1.87. The second-order valence-electron chi connectivity index (χ2n) is 4.99. The Balaban J connectivity index is 1.60. The molecule has 0 radical (unpaired) electrons. The monoisotopic (exact) mass is 245 g/mol. The van der Waals surface area contributed by atoms with E-state index in [1.165, 1.54) is 0 Å². The minimum atomic E-state index is 0.0530. The summed E-state index contributed by atoms with van der Waals surface area (Å²) in [5.41, 5.74) is 0.588. The maximum absolute atomic E-state index is 11.9. The molecule has 2 saturated heterocycles. The van der Waals surface area contributed by atoms with Gasteiger partial charge in [-0.1, -0.05) is 0 Å². The zero-order chi connectivity index (χ0) is 12.7. The summed E-state index contributed by atoms with van der Waals surface area (Å²) in [5, 5.41) is 12.9. The van der Waals surface area contributed by atoms with E-state index in [2.05, 4.69) is 16.1 Å². The molecule has 0 spiro atoms. The van der Waals surface area contributed by atoms with E-state index in [0.717, 1.165) is 26.1 Å². The molecule has 0 aromatic carbocycles. The summed E-state index contributed by atoms with van der Waals surface area (Å²) >= 11 is 0. The first-order valence-corrected chi connectivity index (χ1v) is 6.12. The molecule has 6 heteroatoms. The number of nitrogens with zero attached hydrogens (tertiary/aromatic N) is 5. The summed E-state index contributed by atoms with van der Waals surface area (Å²) in [4.78, 5) is 15.8. The molecule has 0 bridgehead atoms. The molecule has 2 aliphatic rings. The van der Waals surface area contributed by atoms with Crippen LogP contribution in [0.4, 0.5) is 0 Å². The van der Waals surface area contributed by atoms with Crippen molar-refractivity contribution in [2.24, 2.45) is 0 Å². The number of rotatable bonds is 2. The SMILES string of the molecule is CN1CCC(N2CC(n3cc(C#N)cn3)C2)C1=O. The van der Waals surface area contributed by atoms with E-state index >= 15 is 0 Å². The van der Waals surface area contributed by atoms with Crippen molar-refractivity contribution in [1.82, 2.24) is 19.6 Å². The second kappa shape index (κ2) is 4.10. The van der Waals surface area contributed by atoms with Gasteiger partial charge in [0.25, 0.3) is 0 Å². The molecule has 1 amide bonds. The zero-order valence-corrected chi connectivity index (χ0v) is 10.3. The molecule has 0 N–H and O–H groups in total. The molecule has 2 fully saturated rings. The Bertz CT molecular complexity index is 511. The maximum atomic E-state index is 11.9. The molecule has 1 atom stereocenters. The lowest BCUT2D eigenvalue weighted by Crippen LogP contribution is -2.55. The molecule has 1 unspecified atom stereocenters. The highest BCUT2D eigenvalue weighted by Gasteiger charge is 2.41. The number of amides is 1. The van der Waals surface area contributed by atoms with Crippen LogP contribution in [0.5, 0.6) is 0 Å². The molecule has 1 aromatic heterocycles. The van der Waals surface area contributed by atoms with Gasteiger partial charge in [0.2, 0.25) is 5.91 Å². The second-order valence-corrected chi connectivity index (χ2v) is 4.99. The van der Waals surface area contributed by atoms with E-state index in [-0.39, 0.29) is 11.9 Å². The molecule has 18 heavy (non-hydrogen) atoms. The predicted molar refractivity (Wildman–Crippen MR) is 63.6 cm³/mol. The molecule has 2 aliphatic heterocycles. The molecular formula is C12H15N5O. The average molecular weight is 245 g/mol. The summed E-state index contributed by atoms with van der Waals surface area (Å²) in [7, 11) is 1.85. The normalized spacial score (nSPS) is 25.2. The van der Waals surface area contributed by atoms with E-state index in [1.54, 1.807) is 17.3 Å². The van der Waals surface area contributed by atoms with Gasteiger partial charge in [-0.2, -0.15) is 10.4 Å². The van der Waals surface area contributed by atoms with Gasteiger partial charge in [-0.05, 0) is 6.42 Å². The van der Waals surface area contributed by atoms with Gasteiger partial charge in [0, 0.05) is 32.9 Å². The summed E-state index contributed by atoms with van der Waals surface area (Å²) < 4.78 is 1.83. The summed E-state index contributed by atoms with van der Waals surface area (Å²) in [5.74, 6) is 0.228. The Morgan fingerprint density at radius 3 is 2.83 bits per heavy atom. The number of carbonyl (C=O) groups excluding carboxylic acids is 1. The summed E-state index contributed by atoms with van der Waals surface area (Å²) in [6, 6.07) is 2.42. The van der Waals surface area contributed by atoms with Crippen molar-refractivity contribution in [2.75, 3.05) is 26.7 Å². The van der Waals surface area contributed by atoms with Gasteiger partial charge >= 0.3 is 0 Å². The van der Waals surface area contributed by atoms with Crippen LogP contribution >= 0.6 is 0 Å². The lowest BCUT2D eigenvalue weighted by Gasteiger charge is -2.42. The first-order chi connectivity index (χ1) is 8.69. The topological polar surface area (TPSA) is 65.2 Å². The third-order valence-corrected chi connectivity index (χ3v) is 3.84. The highest BCUT2D eigenvalue weighted by atomic mass is 16.2. The largest absolute Gasteiger partial charge is 0.344 e. The number of carbonyl (C=O) groups is 1. The number of hydrogen-bond acceptors (Lipinski definition) is 4. The van der Waals surface area contributed by atoms with Gasteiger partial charge in [-0.3, -0.25) is 14.4 Å². The van der Waals surface area contributed by atoms with Crippen LogP contribution in [0.25, 0.3) is 0 Å². The van der Waals surface area contributed by atoms with Gasteiger partial charge in [0.15, 0.2) is 0 Å².